The molecule has 0 aromatic carbocycles. The van der Waals surface area contributed by atoms with Crippen LogP contribution in [0.5, 0.6) is 0 Å². The zero-order valence-corrected chi connectivity index (χ0v) is 19.2. The van der Waals surface area contributed by atoms with E-state index < -0.39 is 22.2 Å². The fourth-order valence-electron chi connectivity index (χ4n) is 2.67. The van der Waals surface area contributed by atoms with Crippen LogP contribution >= 0.6 is 33.2 Å². The lowest BCUT2D eigenvalue weighted by atomic mass is 9.42. The molecule has 7 heteroatoms. The van der Waals surface area contributed by atoms with Gasteiger partial charge in [0.15, 0.2) is 0 Å². The number of hydrogen-bond donors (Lipinski definition) is 0. The lowest BCUT2D eigenvalue weighted by Crippen LogP contribution is -2.50. The molecule has 0 saturated heterocycles. The van der Waals surface area contributed by atoms with Gasteiger partial charge in [0, 0.05) is 0 Å². The fourth-order valence-corrected chi connectivity index (χ4v) is 9.04. The lowest BCUT2D eigenvalue weighted by Gasteiger charge is -2.42. The molecule has 3 unspecified atom stereocenters. The SMILES string of the molecule is CC(B(C(C)[Si](C)(C)Cl)C(C)[Si](C)(C)Cl)[Si](C)(C)Cl. The summed E-state index contributed by atoms with van der Waals surface area (Å²) >= 11 is 20.3. The Morgan fingerprint density at radius 2 is 0.737 bits per heavy atom. The van der Waals surface area contributed by atoms with Crippen molar-refractivity contribution in [2.24, 2.45) is 0 Å². The summed E-state index contributed by atoms with van der Waals surface area (Å²) in [5, 5.41) is 0. The van der Waals surface area contributed by atoms with Gasteiger partial charge in [0.2, 0.25) is 0 Å². The summed E-state index contributed by atoms with van der Waals surface area (Å²) in [6, 6.07) is 0. The third kappa shape index (κ3) is 6.07. The van der Waals surface area contributed by atoms with Crippen LogP contribution in [-0.2, 0) is 0 Å². The zero-order chi connectivity index (χ0) is 15.8. The van der Waals surface area contributed by atoms with Gasteiger partial charge in [-0.3, -0.25) is 0 Å². The lowest BCUT2D eigenvalue weighted by molar-refractivity contribution is 1.06. The third-order valence-electron chi connectivity index (χ3n) is 4.98. The van der Waals surface area contributed by atoms with Gasteiger partial charge in [0.25, 0.3) is 0 Å². The maximum absolute atomic E-state index is 6.75. The summed E-state index contributed by atoms with van der Waals surface area (Å²) in [7, 11) is -5.12. The highest BCUT2D eigenvalue weighted by Gasteiger charge is 2.49. The van der Waals surface area contributed by atoms with Crippen LogP contribution in [0.2, 0.25) is 55.6 Å². The van der Waals surface area contributed by atoms with Gasteiger partial charge in [-0.25, -0.2) is 0 Å². The maximum Gasteiger partial charge on any atom is 0.146 e. The van der Waals surface area contributed by atoms with E-state index in [0.29, 0.717) is 23.0 Å². The van der Waals surface area contributed by atoms with Crippen LogP contribution in [0.15, 0.2) is 0 Å². The van der Waals surface area contributed by atoms with Crippen LogP contribution < -0.4 is 0 Å². The smallest absolute Gasteiger partial charge is 0.146 e. The van der Waals surface area contributed by atoms with E-state index in [2.05, 4.69) is 60.1 Å². The first-order valence-corrected chi connectivity index (χ1v) is 19.4. The summed E-state index contributed by atoms with van der Waals surface area (Å²) < 4.78 is 0. The molecule has 0 aromatic heterocycles. The van der Waals surface area contributed by atoms with Crippen molar-refractivity contribution in [2.75, 3.05) is 0 Å². The van der Waals surface area contributed by atoms with E-state index >= 15 is 0 Å². The molecule has 0 amide bonds. The Morgan fingerprint density at radius 1 is 0.579 bits per heavy atom. The Hall–Kier alpha value is 1.59. The van der Waals surface area contributed by atoms with E-state index in [1.54, 1.807) is 0 Å². The van der Waals surface area contributed by atoms with Gasteiger partial charge in [-0.15, -0.1) is 0 Å². The predicted octanol–water partition coefficient (Wildman–Crippen LogP) is 6.60. The first-order chi connectivity index (χ1) is 8.10. The van der Waals surface area contributed by atoms with E-state index in [1.807, 2.05) is 0 Å². The first kappa shape index (κ1) is 20.6. The van der Waals surface area contributed by atoms with Crippen molar-refractivity contribution in [1.82, 2.24) is 0 Å². The fraction of sp³-hybridized carbons (Fsp3) is 1.00. The Bertz CT molecular complexity index is 247. The Balaban J connectivity index is 5.52. The molecule has 0 aliphatic heterocycles. The molecule has 0 aromatic rings. The van der Waals surface area contributed by atoms with Crippen LogP contribution in [0.1, 0.15) is 20.8 Å². The highest BCUT2D eigenvalue weighted by molar-refractivity contribution is 7.30. The van der Waals surface area contributed by atoms with E-state index in [1.165, 1.54) is 0 Å². The van der Waals surface area contributed by atoms with Gasteiger partial charge in [-0.1, -0.05) is 76.4 Å². The molecule has 3 atom stereocenters. The van der Waals surface area contributed by atoms with Crippen LogP contribution in [0.4, 0.5) is 0 Å². The molecule has 0 saturated carbocycles. The molecule has 0 N–H and O–H groups in total. The molecular formula is C12H30BCl3Si3. The van der Waals surface area contributed by atoms with Crippen molar-refractivity contribution < 1.29 is 0 Å². The minimum atomic E-state index is -1.71. The maximum atomic E-state index is 6.75. The molecule has 114 valence electrons. The molecule has 0 fully saturated rings. The molecule has 0 aliphatic carbocycles. The normalized spacial score (nSPS) is 18.9. The first-order valence-electron chi connectivity index (χ1n) is 7.17. The van der Waals surface area contributed by atoms with Crippen molar-refractivity contribution >= 4 is 62.1 Å². The predicted molar refractivity (Wildman–Crippen MR) is 104 cm³/mol. The average Bonchev–Trinajstić information content (AvgIpc) is 2.13. The van der Waals surface area contributed by atoms with Gasteiger partial charge in [-0.05, 0) is 0 Å². The standard InChI is InChI=1S/C12H30BCl3Si3/c1-10(17(4,5)14)13(11(2)18(6,7)15)12(3)19(8,9)16/h10-12H,1-9H3. The van der Waals surface area contributed by atoms with Gasteiger partial charge < -0.3 is 0 Å². The quantitative estimate of drug-likeness (QED) is 0.362. The van der Waals surface area contributed by atoms with E-state index in [0.717, 1.165) is 0 Å². The van der Waals surface area contributed by atoms with Crippen molar-refractivity contribution in [3.05, 3.63) is 0 Å². The topological polar surface area (TPSA) is 0 Å². The average molecular weight is 376 g/mol. The molecule has 0 nitrogen and oxygen atoms in total. The monoisotopic (exact) mass is 374 g/mol. The Labute approximate surface area is 138 Å². The molecule has 0 bridgehead atoms. The van der Waals surface area contributed by atoms with Gasteiger partial charge in [0.1, 0.15) is 28.9 Å². The summed E-state index contributed by atoms with van der Waals surface area (Å²) in [6.07, 6.45) is 0. The second-order valence-corrected chi connectivity index (χ2v) is 28.5. The summed E-state index contributed by atoms with van der Waals surface area (Å²) in [4.78, 5) is 0. The molecule has 0 aliphatic rings. The molecule has 0 spiro atoms. The van der Waals surface area contributed by atoms with E-state index in [4.69, 9.17) is 33.2 Å². The van der Waals surface area contributed by atoms with Crippen molar-refractivity contribution in [1.29, 1.82) is 0 Å². The molecule has 0 heterocycles. The largest absolute Gasteiger partial charge is 0.168 e. The van der Waals surface area contributed by atoms with E-state index in [-0.39, 0.29) is 0 Å². The summed E-state index contributed by atoms with van der Waals surface area (Å²) in [5.41, 5.74) is 1.61. The molecule has 0 radical (unpaired) electrons. The minimum absolute atomic E-state index is 0.537. The zero-order valence-electron chi connectivity index (χ0n) is 13.9. The van der Waals surface area contributed by atoms with Crippen molar-refractivity contribution in [3.8, 4) is 0 Å². The third-order valence-corrected chi connectivity index (χ3v) is 15.7. The van der Waals surface area contributed by atoms with Crippen molar-refractivity contribution in [2.45, 2.75) is 76.4 Å². The van der Waals surface area contributed by atoms with Gasteiger partial charge in [-0.2, -0.15) is 33.2 Å². The highest BCUT2D eigenvalue weighted by atomic mass is 35.6. The van der Waals surface area contributed by atoms with Gasteiger partial charge >= 0.3 is 0 Å². The van der Waals surface area contributed by atoms with Crippen LogP contribution in [0.3, 0.4) is 0 Å². The summed E-state index contributed by atoms with van der Waals surface area (Å²) in [6.45, 7) is 21.0. The van der Waals surface area contributed by atoms with Crippen molar-refractivity contribution in [3.63, 3.8) is 0 Å². The number of hydrogen-bond acceptors (Lipinski definition) is 0. The van der Waals surface area contributed by atoms with E-state index in [9.17, 15) is 0 Å². The second-order valence-electron chi connectivity index (χ2n) is 7.64. The van der Waals surface area contributed by atoms with Gasteiger partial charge in [0.05, 0.1) is 0 Å². The molecule has 19 heavy (non-hydrogen) atoms. The highest BCUT2D eigenvalue weighted by Crippen LogP contribution is 2.46. The number of rotatable bonds is 6. The number of halogens is 3. The van der Waals surface area contributed by atoms with Crippen LogP contribution in [-0.4, -0.2) is 28.9 Å². The second kappa shape index (κ2) is 6.78. The minimum Gasteiger partial charge on any atom is -0.168 e. The Kier molecular flexibility index (Phi) is 7.35. The van der Waals surface area contributed by atoms with Crippen LogP contribution in [0, 0.1) is 0 Å². The summed E-state index contributed by atoms with van der Waals surface area (Å²) in [5.74, 6) is 0. The molecule has 0 rings (SSSR count). The Morgan fingerprint density at radius 3 is 0.842 bits per heavy atom. The molecular weight excluding hydrogens is 346 g/mol. The van der Waals surface area contributed by atoms with Crippen LogP contribution in [0.25, 0.3) is 0 Å².